The van der Waals surface area contributed by atoms with E-state index in [1.54, 1.807) is 6.20 Å². The summed E-state index contributed by atoms with van der Waals surface area (Å²) >= 11 is 1.47. The van der Waals surface area contributed by atoms with Crippen LogP contribution >= 0.6 is 11.3 Å². The summed E-state index contributed by atoms with van der Waals surface area (Å²) in [6.45, 7) is 7.67. The van der Waals surface area contributed by atoms with E-state index in [-0.39, 0.29) is 11.8 Å². The van der Waals surface area contributed by atoms with Gasteiger partial charge in [-0.1, -0.05) is 38.0 Å². The summed E-state index contributed by atoms with van der Waals surface area (Å²) in [6.07, 6.45) is 8.59. The maximum atomic E-state index is 13.4. The quantitative estimate of drug-likeness (QED) is 0.302. The second-order valence-corrected chi connectivity index (χ2v) is 11.7. The Morgan fingerprint density at radius 3 is 2.62 bits per heavy atom. The van der Waals surface area contributed by atoms with Crippen LogP contribution in [-0.4, -0.2) is 49.6 Å². The van der Waals surface area contributed by atoms with E-state index < -0.39 is 0 Å². The maximum absolute atomic E-state index is 13.4. The van der Waals surface area contributed by atoms with Gasteiger partial charge in [-0.15, -0.1) is 0 Å². The fourth-order valence-corrected chi connectivity index (χ4v) is 7.35. The van der Waals surface area contributed by atoms with Crippen LogP contribution in [0.1, 0.15) is 61.6 Å². The Hall–Kier alpha value is -3.85. The summed E-state index contributed by atoms with van der Waals surface area (Å²) in [5.41, 5.74) is 6.53. The summed E-state index contributed by atoms with van der Waals surface area (Å²) in [6, 6.07) is 11.7. The zero-order valence-corrected chi connectivity index (χ0v) is 24.0. The van der Waals surface area contributed by atoms with Gasteiger partial charge in [0.2, 0.25) is 5.91 Å². The average Bonchev–Trinajstić information content (AvgIpc) is 3.70. The van der Waals surface area contributed by atoms with E-state index in [9.17, 15) is 9.59 Å². The summed E-state index contributed by atoms with van der Waals surface area (Å²) in [5.74, 6) is 1.24. The number of rotatable bonds is 7. The molecule has 1 unspecified atom stereocenters. The van der Waals surface area contributed by atoms with Gasteiger partial charge in [0.1, 0.15) is 0 Å². The zero-order chi connectivity index (χ0) is 27.8. The molecule has 4 aromatic rings. The van der Waals surface area contributed by atoms with Crippen molar-refractivity contribution < 1.29 is 9.59 Å². The van der Waals surface area contributed by atoms with Crippen LogP contribution in [0.15, 0.2) is 48.8 Å². The molecule has 8 nitrogen and oxygen atoms in total. The number of aromatic nitrogens is 4. The molecule has 0 spiro atoms. The largest absolute Gasteiger partial charge is 0.338 e. The van der Waals surface area contributed by atoms with Crippen molar-refractivity contribution >= 4 is 28.3 Å². The molecule has 0 radical (unpaired) electrons. The SMILES string of the molecule is CCC(CC)C1CCN(C(=O)c2ccc(-n3nc(-c4cccnc4)c4c3-c3sc(NC(C)=O)nc3CC4)cc2)C1. The summed E-state index contributed by atoms with van der Waals surface area (Å²) in [5, 5.41) is 8.51. The third-order valence-corrected chi connectivity index (χ3v) is 9.33. The summed E-state index contributed by atoms with van der Waals surface area (Å²) in [7, 11) is 0. The van der Waals surface area contributed by atoms with Crippen molar-refractivity contribution in [3.8, 4) is 27.5 Å². The third-order valence-electron chi connectivity index (χ3n) is 8.31. The van der Waals surface area contributed by atoms with Gasteiger partial charge in [0.25, 0.3) is 5.91 Å². The Bertz CT molecular complexity index is 1540. The smallest absolute Gasteiger partial charge is 0.253 e. The molecule has 2 amide bonds. The number of thiazole rings is 1. The molecule has 3 aromatic heterocycles. The maximum Gasteiger partial charge on any atom is 0.253 e. The van der Waals surface area contributed by atoms with E-state index >= 15 is 0 Å². The number of carbonyl (C=O) groups excluding carboxylic acids is 2. The Morgan fingerprint density at radius 2 is 1.93 bits per heavy atom. The Labute approximate surface area is 238 Å². The predicted molar refractivity (Wildman–Crippen MR) is 158 cm³/mol. The molecule has 2 aliphatic rings. The second-order valence-electron chi connectivity index (χ2n) is 10.7. The fraction of sp³-hybridized carbons (Fsp3) is 0.387. The van der Waals surface area contributed by atoms with Crippen molar-refractivity contribution in [1.82, 2.24) is 24.6 Å². The first-order valence-corrected chi connectivity index (χ1v) is 15.0. The molecule has 40 heavy (non-hydrogen) atoms. The van der Waals surface area contributed by atoms with Crippen LogP contribution in [0.2, 0.25) is 0 Å². The molecule has 0 bridgehead atoms. The number of benzene rings is 1. The molecule has 1 fully saturated rings. The fourth-order valence-electron chi connectivity index (χ4n) is 6.24. The third kappa shape index (κ3) is 4.83. The second kappa shape index (κ2) is 11.0. The van der Waals surface area contributed by atoms with Crippen LogP contribution < -0.4 is 5.32 Å². The highest BCUT2D eigenvalue weighted by Gasteiger charge is 2.32. The van der Waals surface area contributed by atoms with Crippen molar-refractivity contribution in [3.05, 3.63) is 65.6 Å². The van der Waals surface area contributed by atoms with Gasteiger partial charge in [-0.25, -0.2) is 9.67 Å². The van der Waals surface area contributed by atoms with Gasteiger partial charge in [-0.05, 0) is 67.5 Å². The monoisotopic (exact) mass is 554 g/mol. The molecule has 1 atom stereocenters. The molecule has 4 heterocycles. The standard InChI is InChI=1S/C31H34N6O2S/c1-4-20(5-2)23-14-16-36(18-23)30(39)21-8-10-24(11-9-21)37-28-25(27(35-37)22-7-6-15-32-17-22)12-13-26-29(28)40-31(34-26)33-19(3)38/h6-11,15,17,20,23H,4-5,12-14,16,18H2,1-3H3,(H,33,34,38). The number of likely N-dealkylation sites (tertiary alicyclic amines) is 1. The van der Waals surface area contributed by atoms with Gasteiger partial charge < -0.3 is 10.2 Å². The van der Waals surface area contributed by atoms with Crippen LogP contribution in [0.5, 0.6) is 0 Å². The van der Waals surface area contributed by atoms with Crippen molar-refractivity contribution in [3.63, 3.8) is 0 Å². The molecule has 1 saturated heterocycles. The van der Waals surface area contributed by atoms with Crippen LogP contribution in [0.4, 0.5) is 5.13 Å². The number of anilines is 1. The van der Waals surface area contributed by atoms with Gasteiger partial charge in [-0.3, -0.25) is 14.6 Å². The lowest BCUT2D eigenvalue weighted by Crippen LogP contribution is -2.29. The van der Waals surface area contributed by atoms with Gasteiger partial charge in [0.05, 0.1) is 27.6 Å². The zero-order valence-electron chi connectivity index (χ0n) is 23.2. The van der Waals surface area contributed by atoms with Crippen molar-refractivity contribution in [2.75, 3.05) is 18.4 Å². The van der Waals surface area contributed by atoms with Gasteiger partial charge in [0.15, 0.2) is 5.13 Å². The lowest BCUT2D eigenvalue weighted by molar-refractivity contribution is -0.114. The molecule has 9 heteroatoms. The van der Waals surface area contributed by atoms with E-state index in [0.717, 1.165) is 71.1 Å². The van der Waals surface area contributed by atoms with Crippen LogP contribution in [0.25, 0.3) is 27.5 Å². The first kappa shape index (κ1) is 26.4. The van der Waals surface area contributed by atoms with E-state index in [4.69, 9.17) is 10.1 Å². The number of nitrogens with one attached hydrogen (secondary N) is 1. The summed E-state index contributed by atoms with van der Waals surface area (Å²) < 4.78 is 1.96. The van der Waals surface area contributed by atoms with Crippen LogP contribution in [0, 0.1) is 11.8 Å². The van der Waals surface area contributed by atoms with E-state index in [1.165, 1.54) is 31.1 Å². The number of fused-ring (bicyclic) bond motifs is 3. The molecule has 206 valence electrons. The van der Waals surface area contributed by atoms with Crippen LogP contribution in [0.3, 0.4) is 0 Å². The number of hydrogen-bond acceptors (Lipinski definition) is 6. The van der Waals surface area contributed by atoms with E-state index in [1.807, 2.05) is 52.2 Å². The molecule has 6 rings (SSSR count). The van der Waals surface area contributed by atoms with E-state index in [0.29, 0.717) is 22.5 Å². The highest BCUT2D eigenvalue weighted by molar-refractivity contribution is 7.19. The minimum absolute atomic E-state index is 0.100. The van der Waals surface area contributed by atoms with Gasteiger partial charge in [0, 0.05) is 49.1 Å². The summed E-state index contributed by atoms with van der Waals surface area (Å²) in [4.78, 5) is 37.1. The Morgan fingerprint density at radius 1 is 1.12 bits per heavy atom. The molecule has 1 aromatic carbocycles. The van der Waals surface area contributed by atoms with E-state index in [2.05, 4.69) is 24.1 Å². The highest BCUT2D eigenvalue weighted by Crippen LogP contribution is 2.44. The van der Waals surface area contributed by atoms with Crippen molar-refractivity contribution in [2.45, 2.75) is 52.9 Å². The minimum Gasteiger partial charge on any atom is -0.338 e. The highest BCUT2D eigenvalue weighted by atomic mass is 32.1. The minimum atomic E-state index is -0.139. The Balaban J connectivity index is 1.35. The number of nitrogens with zero attached hydrogens (tertiary/aromatic N) is 5. The van der Waals surface area contributed by atoms with Crippen molar-refractivity contribution in [1.29, 1.82) is 0 Å². The van der Waals surface area contributed by atoms with Gasteiger partial charge in [-0.2, -0.15) is 5.10 Å². The molecule has 1 aliphatic heterocycles. The number of hydrogen-bond donors (Lipinski definition) is 1. The number of amides is 2. The van der Waals surface area contributed by atoms with Gasteiger partial charge >= 0.3 is 0 Å². The normalized spacial score (nSPS) is 16.2. The predicted octanol–water partition coefficient (Wildman–Crippen LogP) is 6.01. The van der Waals surface area contributed by atoms with Crippen LogP contribution in [-0.2, 0) is 17.6 Å². The molecule has 1 N–H and O–H groups in total. The number of carbonyl (C=O) groups is 2. The lowest BCUT2D eigenvalue weighted by atomic mass is 9.87. The first-order valence-electron chi connectivity index (χ1n) is 14.2. The lowest BCUT2D eigenvalue weighted by Gasteiger charge is -2.21. The average molecular weight is 555 g/mol. The number of aryl methyl sites for hydroxylation is 1. The van der Waals surface area contributed by atoms with Crippen molar-refractivity contribution in [2.24, 2.45) is 11.8 Å². The first-order chi connectivity index (χ1) is 19.5. The molecule has 1 aliphatic carbocycles. The number of pyridine rings is 1. The molecular weight excluding hydrogens is 520 g/mol. The topological polar surface area (TPSA) is 93.0 Å². The molecule has 0 saturated carbocycles. The molecular formula is C31H34N6O2S. The Kier molecular flexibility index (Phi) is 7.23.